The second-order valence-corrected chi connectivity index (χ2v) is 7.18. The molecule has 112 valence electrons. The van der Waals surface area contributed by atoms with Gasteiger partial charge in [-0.3, -0.25) is 0 Å². The van der Waals surface area contributed by atoms with Crippen LogP contribution in [0, 0.1) is 0 Å². The second-order valence-electron chi connectivity index (χ2n) is 5.21. The van der Waals surface area contributed by atoms with Gasteiger partial charge in [0.15, 0.2) is 0 Å². The maximum Gasteiger partial charge on any atom is 0.148 e. The lowest BCUT2D eigenvalue weighted by molar-refractivity contribution is 0.302. The van der Waals surface area contributed by atoms with E-state index < -0.39 is 0 Å². The Labute approximate surface area is 147 Å². The lowest BCUT2D eigenvalue weighted by Gasteiger charge is -2.12. The van der Waals surface area contributed by atoms with E-state index in [4.69, 9.17) is 16.3 Å². The van der Waals surface area contributed by atoms with Crippen LogP contribution >= 0.6 is 43.5 Å². The molecule has 0 bridgehead atoms. The maximum absolute atomic E-state index is 5.92. The summed E-state index contributed by atoms with van der Waals surface area (Å²) in [5.74, 6) is 1.83. The van der Waals surface area contributed by atoms with E-state index in [-0.39, 0.29) is 0 Å². The van der Waals surface area contributed by atoms with Crippen LogP contribution in [0.15, 0.2) is 45.3 Å². The van der Waals surface area contributed by atoms with Gasteiger partial charge >= 0.3 is 0 Å². The quantitative estimate of drug-likeness (QED) is 0.481. The molecule has 0 aromatic heterocycles. The molecule has 0 aliphatic rings. The lowest BCUT2D eigenvalue weighted by Crippen LogP contribution is -1.98. The minimum Gasteiger partial charge on any atom is -0.487 e. The molecule has 0 radical (unpaired) electrons. The van der Waals surface area contributed by atoms with Crippen LogP contribution < -0.4 is 4.74 Å². The van der Waals surface area contributed by atoms with Crippen molar-refractivity contribution in [2.75, 3.05) is 0 Å². The molecule has 0 aliphatic carbocycles. The highest BCUT2D eigenvalue weighted by Crippen LogP contribution is 2.35. The SMILES string of the molecule is CC(C)c1ccc(COc2c(Br)cc(CCl)cc2Br)cc1. The first-order chi connectivity index (χ1) is 10.0. The third kappa shape index (κ3) is 4.48. The van der Waals surface area contributed by atoms with E-state index in [1.54, 1.807) is 0 Å². The number of hydrogen-bond donors (Lipinski definition) is 0. The van der Waals surface area contributed by atoms with Crippen molar-refractivity contribution in [2.24, 2.45) is 0 Å². The molecule has 21 heavy (non-hydrogen) atoms. The zero-order valence-corrected chi connectivity index (χ0v) is 15.9. The number of rotatable bonds is 5. The molecule has 0 saturated heterocycles. The highest BCUT2D eigenvalue weighted by Gasteiger charge is 2.09. The predicted molar refractivity (Wildman–Crippen MR) is 96.3 cm³/mol. The fraction of sp³-hybridized carbons (Fsp3) is 0.294. The van der Waals surface area contributed by atoms with E-state index in [1.807, 2.05) is 12.1 Å². The molecule has 0 atom stereocenters. The third-order valence-electron chi connectivity index (χ3n) is 3.24. The van der Waals surface area contributed by atoms with Crippen molar-refractivity contribution >= 4 is 43.5 Å². The topological polar surface area (TPSA) is 9.23 Å². The average Bonchev–Trinajstić information content (AvgIpc) is 2.46. The van der Waals surface area contributed by atoms with Gasteiger partial charge in [-0.1, -0.05) is 38.1 Å². The highest BCUT2D eigenvalue weighted by molar-refractivity contribution is 9.11. The van der Waals surface area contributed by atoms with Gasteiger partial charge in [0.25, 0.3) is 0 Å². The van der Waals surface area contributed by atoms with Gasteiger partial charge in [0.2, 0.25) is 0 Å². The molecular weight excluding hydrogens is 415 g/mol. The molecule has 0 heterocycles. The smallest absolute Gasteiger partial charge is 0.148 e. The van der Waals surface area contributed by atoms with Crippen LogP contribution in [0.1, 0.15) is 36.5 Å². The Balaban J connectivity index is 2.09. The molecule has 0 unspecified atom stereocenters. The summed E-state index contributed by atoms with van der Waals surface area (Å²) in [6, 6.07) is 12.5. The Bertz CT molecular complexity index is 586. The molecule has 1 nitrogen and oxygen atoms in total. The van der Waals surface area contributed by atoms with Gasteiger partial charge in [-0.25, -0.2) is 0 Å². The molecule has 2 aromatic rings. The first-order valence-electron chi connectivity index (χ1n) is 6.76. The van der Waals surface area contributed by atoms with E-state index in [1.165, 1.54) is 5.56 Å². The van der Waals surface area contributed by atoms with Gasteiger partial charge in [0.05, 0.1) is 8.95 Å². The van der Waals surface area contributed by atoms with Crippen LogP contribution in [0.4, 0.5) is 0 Å². The van der Waals surface area contributed by atoms with E-state index in [0.717, 1.165) is 25.8 Å². The molecular formula is C17H17Br2ClO. The summed E-state index contributed by atoms with van der Waals surface area (Å²) in [5.41, 5.74) is 3.54. The van der Waals surface area contributed by atoms with Crippen LogP contribution in [-0.4, -0.2) is 0 Å². The van der Waals surface area contributed by atoms with Crippen LogP contribution in [0.25, 0.3) is 0 Å². The zero-order valence-electron chi connectivity index (χ0n) is 12.0. The largest absolute Gasteiger partial charge is 0.487 e. The number of hydrogen-bond acceptors (Lipinski definition) is 1. The maximum atomic E-state index is 5.92. The van der Waals surface area contributed by atoms with Crippen molar-refractivity contribution in [1.29, 1.82) is 0 Å². The molecule has 4 heteroatoms. The van der Waals surface area contributed by atoms with Crippen molar-refractivity contribution in [3.05, 3.63) is 62.0 Å². The van der Waals surface area contributed by atoms with Gasteiger partial charge in [0, 0.05) is 5.88 Å². The van der Waals surface area contributed by atoms with Gasteiger partial charge in [-0.05, 0) is 66.6 Å². The molecule has 0 amide bonds. The summed E-state index contributed by atoms with van der Waals surface area (Å²) in [6.45, 7) is 4.92. The van der Waals surface area contributed by atoms with E-state index in [9.17, 15) is 0 Å². The Kier molecular flexibility index (Phi) is 6.15. The summed E-state index contributed by atoms with van der Waals surface area (Å²) in [4.78, 5) is 0. The van der Waals surface area contributed by atoms with Crippen molar-refractivity contribution in [3.8, 4) is 5.75 Å². The summed E-state index contributed by atoms with van der Waals surface area (Å²) in [7, 11) is 0. The zero-order chi connectivity index (χ0) is 15.4. The minimum absolute atomic E-state index is 0.480. The van der Waals surface area contributed by atoms with Crippen molar-refractivity contribution in [2.45, 2.75) is 32.3 Å². The van der Waals surface area contributed by atoms with Crippen molar-refractivity contribution in [1.82, 2.24) is 0 Å². The highest BCUT2D eigenvalue weighted by atomic mass is 79.9. The summed E-state index contributed by atoms with van der Waals surface area (Å²) in [5, 5.41) is 0. The summed E-state index contributed by atoms with van der Waals surface area (Å²) in [6.07, 6.45) is 0. The molecule has 0 saturated carbocycles. The molecule has 0 spiro atoms. The van der Waals surface area contributed by atoms with Crippen molar-refractivity contribution < 1.29 is 4.74 Å². The number of benzene rings is 2. The average molecular weight is 433 g/mol. The van der Waals surface area contributed by atoms with Gasteiger partial charge in [-0.15, -0.1) is 11.6 Å². The standard InChI is InChI=1S/C17H17Br2ClO/c1-11(2)14-5-3-12(4-6-14)10-21-17-15(18)7-13(9-20)8-16(17)19/h3-8,11H,9-10H2,1-2H3. The molecule has 0 fully saturated rings. The van der Waals surface area contributed by atoms with Crippen LogP contribution in [0.3, 0.4) is 0 Å². The number of ether oxygens (including phenoxy) is 1. The molecule has 2 rings (SSSR count). The molecule has 2 aromatic carbocycles. The van der Waals surface area contributed by atoms with Gasteiger partial charge < -0.3 is 4.74 Å². The fourth-order valence-electron chi connectivity index (χ4n) is 1.98. The predicted octanol–water partition coefficient (Wildman–Crippen LogP) is 6.65. The van der Waals surface area contributed by atoms with Gasteiger partial charge in [0.1, 0.15) is 12.4 Å². The monoisotopic (exact) mass is 430 g/mol. The lowest BCUT2D eigenvalue weighted by atomic mass is 10.0. The van der Waals surface area contributed by atoms with Crippen molar-refractivity contribution in [3.63, 3.8) is 0 Å². The van der Waals surface area contributed by atoms with Crippen LogP contribution in [-0.2, 0) is 12.5 Å². The number of alkyl halides is 1. The Morgan fingerprint density at radius 2 is 1.57 bits per heavy atom. The number of halogens is 3. The third-order valence-corrected chi connectivity index (χ3v) is 4.73. The van der Waals surface area contributed by atoms with Crippen LogP contribution in [0.5, 0.6) is 5.75 Å². The summed E-state index contributed by atoms with van der Waals surface area (Å²) < 4.78 is 7.73. The van der Waals surface area contributed by atoms with E-state index in [0.29, 0.717) is 18.4 Å². The van der Waals surface area contributed by atoms with Crippen LogP contribution in [0.2, 0.25) is 0 Å². The first-order valence-corrected chi connectivity index (χ1v) is 8.89. The van der Waals surface area contributed by atoms with E-state index in [2.05, 4.69) is 70.0 Å². The molecule has 0 aliphatic heterocycles. The first kappa shape index (κ1) is 16.9. The normalized spacial score (nSPS) is 11.0. The second kappa shape index (κ2) is 7.66. The fourth-order valence-corrected chi connectivity index (χ4v) is 3.65. The minimum atomic E-state index is 0.480. The van der Waals surface area contributed by atoms with Gasteiger partial charge in [-0.2, -0.15) is 0 Å². The Morgan fingerprint density at radius 3 is 2.05 bits per heavy atom. The Morgan fingerprint density at radius 1 is 1.00 bits per heavy atom. The van der Waals surface area contributed by atoms with E-state index >= 15 is 0 Å². The summed E-state index contributed by atoms with van der Waals surface area (Å²) >= 11 is 12.9. The Hall–Kier alpha value is -0.510. The molecule has 0 N–H and O–H groups in total.